The van der Waals surface area contributed by atoms with Gasteiger partial charge in [-0.15, -0.1) is 0 Å². The lowest BCUT2D eigenvalue weighted by molar-refractivity contribution is -0.127. The van der Waals surface area contributed by atoms with Gasteiger partial charge in [-0.05, 0) is 74.4 Å². The summed E-state index contributed by atoms with van der Waals surface area (Å²) in [6, 6.07) is 23.6. The summed E-state index contributed by atoms with van der Waals surface area (Å²) in [6.45, 7) is 8.24. The number of amides is 2. The number of hydrogen-bond donors (Lipinski definition) is 4. The Kier molecular flexibility index (Phi) is 13.1. The largest absolute Gasteiger partial charge is 0.492 e. The Morgan fingerprint density at radius 3 is 2.30 bits per heavy atom. The Bertz CT molecular complexity index is 1570. The Morgan fingerprint density at radius 2 is 1.60 bits per heavy atom. The van der Waals surface area contributed by atoms with E-state index in [1.807, 2.05) is 78.9 Å². The molecule has 1 aliphatic heterocycles. The van der Waals surface area contributed by atoms with Crippen molar-refractivity contribution in [1.29, 1.82) is 0 Å². The van der Waals surface area contributed by atoms with Gasteiger partial charge in [0.25, 0.3) is 0 Å². The van der Waals surface area contributed by atoms with E-state index in [0.717, 1.165) is 41.9 Å². The lowest BCUT2D eigenvalue weighted by atomic mass is 9.88. The number of aliphatic hydroxyl groups excluding tert-OH is 2. The zero-order valence-electron chi connectivity index (χ0n) is 29.3. The summed E-state index contributed by atoms with van der Waals surface area (Å²) in [7, 11) is -0.713. The van der Waals surface area contributed by atoms with E-state index >= 15 is 0 Å². The minimum Gasteiger partial charge on any atom is -0.492 e. The molecule has 0 radical (unpaired) electrons. The van der Waals surface area contributed by atoms with Gasteiger partial charge in [-0.1, -0.05) is 66.7 Å². The molecule has 2 amide bonds. The van der Waals surface area contributed by atoms with Crippen LogP contribution < -0.4 is 15.4 Å². The molecule has 4 N–H and O–H groups in total. The van der Waals surface area contributed by atoms with Crippen molar-refractivity contribution in [3.8, 4) is 5.75 Å². The first-order chi connectivity index (χ1) is 23.9. The second-order valence-electron chi connectivity index (χ2n) is 14.3. The van der Waals surface area contributed by atoms with E-state index in [2.05, 4.69) is 15.5 Å². The summed E-state index contributed by atoms with van der Waals surface area (Å²) >= 11 is 0. The van der Waals surface area contributed by atoms with Crippen LogP contribution in [0.15, 0.2) is 78.9 Å². The number of carbonyl (C=O) groups excluding carboxylic acids is 2. The molecular weight excluding hydrogens is 655 g/mol. The van der Waals surface area contributed by atoms with Crippen LogP contribution >= 0.6 is 0 Å². The second-order valence-corrected chi connectivity index (χ2v) is 16.0. The van der Waals surface area contributed by atoms with Gasteiger partial charge in [0.15, 0.2) is 0 Å². The number of rotatable bonds is 14. The smallest absolute Gasteiger partial charge is 0.407 e. The fourth-order valence-electron chi connectivity index (χ4n) is 6.57. The second kappa shape index (κ2) is 17.4. The number of nitrogens with zero attached hydrogens (tertiary/aromatic N) is 1. The lowest BCUT2D eigenvalue weighted by Crippen LogP contribution is -2.48. The van der Waals surface area contributed by atoms with Crippen molar-refractivity contribution in [2.24, 2.45) is 5.92 Å². The number of hydrogen-bond acceptors (Lipinski definition) is 8. The third-order valence-electron chi connectivity index (χ3n) is 9.22. The average molecular weight is 706 g/mol. The molecule has 5 rings (SSSR count). The van der Waals surface area contributed by atoms with E-state index in [1.54, 1.807) is 20.8 Å². The van der Waals surface area contributed by atoms with Gasteiger partial charge >= 0.3 is 6.09 Å². The van der Waals surface area contributed by atoms with E-state index in [4.69, 9.17) is 9.47 Å². The normalized spacial score (nSPS) is 19.9. The first-order valence-corrected chi connectivity index (χ1v) is 19.0. The van der Waals surface area contributed by atoms with Crippen LogP contribution in [0.25, 0.3) is 0 Å². The Hall–Kier alpha value is -3.77. The standard InChI is InChI=1S/C39H51N3O7S/c1-39(2,3)49-38(46)40-33(24-27-9-5-4-6-10-27)34(43)26-30(37(45)41-36-32-12-8-7-11-29(32)25-35(36)44)23-28-13-15-31(16-14-28)48-20-17-42-18-21-50(47)22-19-42/h4-16,30,33-36,43-44H,17-26H2,1-3H3,(H,40,46)(H,41,45)/t30-,33+,34+,35-,36+/m1/s1. The van der Waals surface area contributed by atoms with Gasteiger partial charge in [-0.2, -0.15) is 0 Å². The quantitative estimate of drug-likeness (QED) is 0.198. The number of alkyl carbamates (subject to hydrolysis) is 1. The molecule has 2 aliphatic rings. The minimum atomic E-state index is -1.09. The van der Waals surface area contributed by atoms with Gasteiger partial charge < -0.3 is 30.3 Å². The lowest BCUT2D eigenvalue weighted by Gasteiger charge is -2.30. The van der Waals surface area contributed by atoms with Crippen LogP contribution in [0.4, 0.5) is 4.79 Å². The molecule has 3 aromatic carbocycles. The van der Waals surface area contributed by atoms with Gasteiger partial charge in [0.2, 0.25) is 5.91 Å². The van der Waals surface area contributed by atoms with Crippen LogP contribution in [0, 0.1) is 5.92 Å². The monoisotopic (exact) mass is 705 g/mol. The van der Waals surface area contributed by atoms with Gasteiger partial charge in [0, 0.05) is 54.3 Å². The van der Waals surface area contributed by atoms with Crippen LogP contribution in [-0.2, 0) is 39.6 Å². The number of aliphatic hydroxyl groups is 2. The van der Waals surface area contributed by atoms with Crippen molar-refractivity contribution < 1.29 is 33.5 Å². The molecule has 1 fully saturated rings. The molecule has 1 saturated heterocycles. The van der Waals surface area contributed by atoms with Gasteiger partial charge in [0.1, 0.15) is 18.0 Å². The number of fused-ring (bicyclic) bond motifs is 1. The van der Waals surface area contributed by atoms with Gasteiger partial charge in [0.05, 0.1) is 24.3 Å². The highest BCUT2D eigenvalue weighted by Gasteiger charge is 2.35. The van der Waals surface area contributed by atoms with E-state index in [-0.39, 0.29) is 12.3 Å². The summed E-state index contributed by atoms with van der Waals surface area (Å²) in [5, 5.41) is 28.5. The first-order valence-electron chi connectivity index (χ1n) is 17.5. The molecule has 10 nitrogen and oxygen atoms in total. The Labute approximate surface area is 298 Å². The van der Waals surface area contributed by atoms with Gasteiger partial charge in [-0.25, -0.2) is 4.79 Å². The number of nitrogens with one attached hydrogen (secondary N) is 2. The van der Waals surface area contributed by atoms with Crippen LogP contribution in [0.1, 0.15) is 55.5 Å². The maximum atomic E-state index is 14.1. The predicted molar refractivity (Wildman–Crippen MR) is 194 cm³/mol. The molecule has 1 aliphatic carbocycles. The topological polar surface area (TPSA) is 137 Å². The van der Waals surface area contributed by atoms with Crippen molar-refractivity contribution in [2.45, 2.75) is 76.3 Å². The molecule has 0 saturated carbocycles. The highest BCUT2D eigenvalue weighted by atomic mass is 32.2. The molecule has 0 bridgehead atoms. The molecule has 3 aromatic rings. The zero-order valence-corrected chi connectivity index (χ0v) is 30.1. The van der Waals surface area contributed by atoms with Crippen LogP contribution in [0.3, 0.4) is 0 Å². The molecule has 1 heterocycles. The Balaban J connectivity index is 1.30. The molecule has 0 aromatic heterocycles. The molecular formula is C39H51N3O7S. The van der Waals surface area contributed by atoms with Crippen LogP contribution in [-0.4, -0.2) is 92.9 Å². The van der Waals surface area contributed by atoms with Gasteiger partial charge in [-0.3, -0.25) is 13.9 Å². The molecule has 0 unspecified atom stereocenters. The molecule has 11 heteroatoms. The van der Waals surface area contributed by atoms with Crippen molar-refractivity contribution in [1.82, 2.24) is 15.5 Å². The maximum absolute atomic E-state index is 14.1. The van der Waals surface area contributed by atoms with Crippen LogP contribution in [0.5, 0.6) is 5.75 Å². The molecule has 50 heavy (non-hydrogen) atoms. The Morgan fingerprint density at radius 1 is 0.940 bits per heavy atom. The summed E-state index contributed by atoms with van der Waals surface area (Å²) in [6.07, 6.45) is -1.32. The first kappa shape index (κ1) is 37.5. The minimum absolute atomic E-state index is 0.0580. The van der Waals surface area contributed by atoms with E-state index in [9.17, 15) is 24.0 Å². The summed E-state index contributed by atoms with van der Waals surface area (Å²) in [4.78, 5) is 29.2. The van der Waals surface area contributed by atoms with Crippen molar-refractivity contribution in [3.63, 3.8) is 0 Å². The van der Waals surface area contributed by atoms with E-state index < -0.39 is 52.7 Å². The van der Waals surface area contributed by atoms with Crippen molar-refractivity contribution >= 4 is 22.8 Å². The highest BCUT2D eigenvalue weighted by Crippen LogP contribution is 2.32. The molecule has 270 valence electrons. The number of benzene rings is 3. The summed E-state index contributed by atoms with van der Waals surface area (Å²) < 4.78 is 23.1. The fraction of sp³-hybridized carbons (Fsp3) is 0.487. The molecule has 0 spiro atoms. The third kappa shape index (κ3) is 11.1. The predicted octanol–water partition coefficient (Wildman–Crippen LogP) is 3.95. The highest BCUT2D eigenvalue weighted by molar-refractivity contribution is 7.85. The summed E-state index contributed by atoms with van der Waals surface area (Å²) in [5.74, 6) is 1.15. The third-order valence-corrected chi connectivity index (χ3v) is 10.5. The number of carbonyl (C=O) groups is 2. The zero-order chi connectivity index (χ0) is 35.7. The average Bonchev–Trinajstić information content (AvgIpc) is 3.39. The SMILES string of the molecule is CC(C)(C)OC(=O)N[C@@H](Cc1ccccc1)[C@@H](O)C[C@@H](Cc1ccc(OCCN2CCS(=O)CC2)cc1)C(=O)N[C@H]1c2ccccc2C[C@H]1O. The maximum Gasteiger partial charge on any atom is 0.407 e. The van der Waals surface area contributed by atoms with E-state index in [1.165, 1.54) is 0 Å². The van der Waals surface area contributed by atoms with E-state index in [0.29, 0.717) is 43.1 Å². The fourth-order valence-corrected chi connectivity index (χ4v) is 7.69. The van der Waals surface area contributed by atoms with Crippen molar-refractivity contribution in [2.75, 3.05) is 37.7 Å². The van der Waals surface area contributed by atoms with Crippen molar-refractivity contribution in [3.05, 3.63) is 101 Å². The molecule has 5 atom stereocenters. The summed E-state index contributed by atoms with van der Waals surface area (Å²) in [5.41, 5.74) is 2.97. The number of ether oxygens (including phenoxy) is 2. The van der Waals surface area contributed by atoms with Crippen LogP contribution in [0.2, 0.25) is 0 Å².